The summed E-state index contributed by atoms with van der Waals surface area (Å²) in [7, 11) is -1.53. The Balaban J connectivity index is 1.38. The third-order valence-electron chi connectivity index (χ3n) is 7.47. The van der Waals surface area contributed by atoms with Crippen molar-refractivity contribution in [3.8, 4) is 16.9 Å². The van der Waals surface area contributed by atoms with E-state index in [-0.39, 0.29) is 18.2 Å². The van der Waals surface area contributed by atoms with E-state index < -0.39 is 8.80 Å². The Labute approximate surface area is 198 Å². The van der Waals surface area contributed by atoms with Crippen molar-refractivity contribution in [2.24, 2.45) is 0 Å². The fourth-order valence-corrected chi connectivity index (χ4v) is 9.46. The first-order chi connectivity index (χ1) is 16.0. The molecule has 33 heavy (non-hydrogen) atoms. The van der Waals surface area contributed by atoms with Gasteiger partial charge < -0.3 is 9.47 Å². The molecule has 1 fully saturated rings. The quantitative estimate of drug-likeness (QED) is 0.323. The van der Waals surface area contributed by atoms with Gasteiger partial charge in [-0.3, -0.25) is 0 Å². The highest BCUT2D eigenvalue weighted by molar-refractivity contribution is 6.99. The Bertz CT molecular complexity index is 1120. The van der Waals surface area contributed by atoms with Gasteiger partial charge in [-0.2, -0.15) is 0 Å². The lowest BCUT2D eigenvalue weighted by molar-refractivity contribution is -0.162. The maximum Gasteiger partial charge on any atom is 0.344 e. The molecule has 0 amide bonds. The fourth-order valence-electron chi connectivity index (χ4n) is 5.84. The molecule has 0 N–H and O–H groups in total. The van der Waals surface area contributed by atoms with Gasteiger partial charge in [-0.1, -0.05) is 72.8 Å². The highest BCUT2D eigenvalue weighted by Crippen LogP contribution is 2.36. The van der Waals surface area contributed by atoms with Crippen LogP contribution in [-0.4, -0.2) is 27.0 Å². The van der Waals surface area contributed by atoms with Crippen molar-refractivity contribution in [3.05, 3.63) is 71.8 Å². The summed E-state index contributed by atoms with van der Waals surface area (Å²) in [5.41, 5.74) is 4.64. The monoisotopic (exact) mass is 456 g/mol. The lowest BCUT2D eigenvalue weighted by Crippen LogP contribution is -2.49. The molecule has 170 valence electrons. The van der Waals surface area contributed by atoms with Crippen LogP contribution in [0.5, 0.6) is 5.75 Å². The second-order valence-corrected chi connectivity index (χ2v) is 12.4. The maximum absolute atomic E-state index is 12.6. The number of esters is 1. The number of hydrogen-bond acceptors (Lipinski definition) is 3. The van der Waals surface area contributed by atoms with Crippen molar-refractivity contribution in [1.29, 1.82) is 0 Å². The topological polar surface area (TPSA) is 35.5 Å². The summed E-state index contributed by atoms with van der Waals surface area (Å²) in [5.74, 6) is 0.552. The van der Waals surface area contributed by atoms with E-state index in [1.54, 1.807) is 0 Å². The van der Waals surface area contributed by atoms with Gasteiger partial charge in [-0.05, 0) is 78.6 Å². The zero-order chi connectivity index (χ0) is 23.0. The number of hydrogen-bond donors (Lipinski definition) is 0. The summed E-state index contributed by atoms with van der Waals surface area (Å²) in [6.07, 6.45) is 5.09. The van der Waals surface area contributed by atoms with Crippen LogP contribution in [0.4, 0.5) is 0 Å². The Morgan fingerprint density at radius 2 is 1.45 bits per heavy atom. The summed E-state index contributed by atoms with van der Waals surface area (Å²) < 4.78 is 11.9. The molecule has 5 rings (SSSR count). The second kappa shape index (κ2) is 8.83. The molecular formula is C29H32O3Si. The Morgan fingerprint density at radius 3 is 2.00 bits per heavy atom. The van der Waals surface area contributed by atoms with Crippen LogP contribution in [0.15, 0.2) is 60.7 Å². The molecular weight excluding hydrogens is 424 g/mol. The maximum atomic E-state index is 12.6. The summed E-state index contributed by atoms with van der Waals surface area (Å²) in [6.45, 7) is 6.25. The highest BCUT2D eigenvalue weighted by Gasteiger charge is 2.36. The number of carbonyl (C=O) groups is 1. The van der Waals surface area contributed by atoms with Gasteiger partial charge >= 0.3 is 5.97 Å². The van der Waals surface area contributed by atoms with Crippen molar-refractivity contribution in [2.75, 3.05) is 6.61 Å². The van der Waals surface area contributed by atoms with Crippen LogP contribution in [-0.2, 0) is 9.53 Å². The lowest BCUT2D eigenvalue weighted by Gasteiger charge is -2.27. The molecule has 3 aromatic rings. The smallest absolute Gasteiger partial charge is 0.344 e. The van der Waals surface area contributed by atoms with Crippen LogP contribution >= 0.6 is 0 Å². The molecule has 0 unspecified atom stereocenters. The molecule has 0 atom stereocenters. The molecule has 3 aromatic carbocycles. The molecule has 0 aromatic heterocycles. The van der Waals surface area contributed by atoms with Gasteiger partial charge in [0, 0.05) is 0 Å². The third kappa shape index (κ3) is 4.01. The molecule has 1 aliphatic carbocycles. The largest absolute Gasteiger partial charge is 0.481 e. The number of carbonyl (C=O) groups excluding carboxylic acids is 1. The number of aryl methyl sites for hydroxylation is 2. The van der Waals surface area contributed by atoms with E-state index >= 15 is 0 Å². The van der Waals surface area contributed by atoms with Gasteiger partial charge in [-0.25, -0.2) is 4.79 Å². The average molecular weight is 457 g/mol. The van der Waals surface area contributed by atoms with Gasteiger partial charge in [0.05, 0.1) is 0 Å². The SMILES string of the molecule is CCC1(OC(=O)COc2c(C)cc([SiH]3c4ccccc4-c4ccccc43)cc2C)CCCC1. The summed E-state index contributed by atoms with van der Waals surface area (Å²) in [4.78, 5) is 12.6. The number of ether oxygens (including phenoxy) is 2. The van der Waals surface area contributed by atoms with Crippen molar-refractivity contribution < 1.29 is 14.3 Å². The predicted molar refractivity (Wildman–Crippen MR) is 137 cm³/mol. The van der Waals surface area contributed by atoms with Crippen LogP contribution in [0.25, 0.3) is 11.1 Å². The molecule has 1 heterocycles. The summed E-state index contributed by atoms with van der Waals surface area (Å²) in [5, 5.41) is 4.36. The molecule has 0 bridgehead atoms. The summed E-state index contributed by atoms with van der Waals surface area (Å²) in [6, 6.07) is 22.2. The normalized spacial score (nSPS) is 16.3. The minimum atomic E-state index is -1.53. The van der Waals surface area contributed by atoms with E-state index in [9.17, 15) is 4.79 Å². The van der Waals surface area contributed by atoms with Crippen LogP contribution < -0.4 is 20.3 Å². The second-order valence-electron chi connectivity index (χ2n) is 9.60. The van der Waals surface area contributed by atoms with E-state index in [4.69, 9.17) is 9.47 Å². The van der Waals surface area contributed by atoms with Gasteiger partial charge in [0.15, 0.2) is 6.61 Å². The fraction of sp³-hybridized carbons (Fsp3) is 0.345. The first kappa shape index (κ1) is 22.0. The minimum Gasteiger partial charge on any atom is -0.481 e. The molecule has 2 aliphatic rings. The highest BCUT2D eigenvalue weighted by atomic mass is 28.3. The number of fused-ring (bicyclic) bond motifs is 3. The average Bonchev–Trinajstić information content (AvgIpc) is 3.41. The standard InChI is InChI=1S/C29H32O3Si/c1-4-29(15-9-10-16-29)32-27(30)19-31-28-20(2)17-22(18-21(28)3)33-25-13-7-5-11-23(25)24-12-6-8-14-26(24)33/h5-8,11-14,17-18,33H,4,9-10,15-16,19H2,1-3H3. The van der Waals surface area contributed by atoms with Crippen LogP contribution in [0.2, 0.25) is 0 Å². The zero-order valence-electron chi connectivity index (χ0n) is 19.8. The van der Waals surface area contributed by atoms with Crippen molar-refractivity contribution >= 4 is 30.3 Å². The Morgan fingerprint density at radius 1 is 0.909 bits per heavy atom. The first-order valence-electron chi connectivity index (χ1n) is 12.2. The summed E-state index contributed by atoms with van der Waals surface area (Å²) >= 11 is 0. The van der Waals surface area contributed by atoms with Crippen molar-refractivity contribution in [2.45, 2.75) is 58.5 Å². The lowest BCUT2D eigenvalue weighted by atomic mass is 9.99. The molecule has 0 radical (unpaired) electrons. The zero-order valence-corrected chi connectivity index (χ0v) is 21.0. The van der Waals surface area contributed by atoms with Gasteiger partial charge in [0.2, 0.25) is 0 Å². The third-order valence-corrected chi connectivity index (χ3v) is 10.7. The molecule has 0 saturated heterocycles. The van der Waals surface area contributed by atoms with Gasteiger partial charge in [0.25, 0.3) is 0 Å². The molecule has 0 spiro atoms. The minimum absolute atomic E-state index is 0.0324. The Hall–Kier alpha value is -2.85. The number of benzene rings is 3. The van der Waals surface area contributed by atoms with Gasteiger partial charge in [-0.15, -0.1) is 0 Å². The van der Waals surface area contributed by atoms with Crippen LogP contribution in [0.1, 0.15) is 50.2 Å². The predicted octanol–water partition coefficient (Wildman–Crippen LogP) is 4.18. The van der Waals surface area contributed by atoms with Crippen molar-refractivity contribution in [3.63, 3.8) is 0 Å². The molecule has 3 nitrogen and oxygen atoms in total. The first-order valence-corrected chi connectivity index (χ1v) is 13.9. The molecule has 1 saturated carbocycles. The number of rotatable bonds is 6. The Kier molecular flexibility index (Phi) is 5.88. The van der Waals surface area contributed by atoms with Gasteiger partial charge in [0.1, 0.15) is 20.1 Å². The van der Waals surface area contributed by atoms with E-state index in [1.807, 2.05) is 0 Å². The van der Waals surface area contributed by atoms with E-state index in [1.165, 1.54) is 26.7 Å². The van der Waals surface area contributed by atoms with E-state index in [0.717, 1.165) is 49.0 Å². The molecule has 4 heteroatoms. The molecule has 1 aliphatic heterocycles. The van der Waals surface area contributed by atoms with E-state index in [2.05, 4.69) is 81.4 Å². The van der Waals surface area contributed by atoms with Crippen molar-refractivity contribution in [1.82, 2.24) is 0 Å². The van der Waals surface area contributed by atoms with Crippen LogP contribution in [0, 0.1) is 13.8 Å². The van der Waals surface area contributed by atoms with E-state index in [0.29, 0.717) is 0 Å². The van der Waals surface area contributed by atoms with Crippen LogP contribution in [0.3, 0.4) is 0 Å².